The largest absolute Gasteiger partial charge is 0.368 e. The first-order valence-electron chi connectivity index (χ1n) is 7.00. The molecule has 2 heterocycles. The Hall–Kier alpha value is -0.750. The van der Waals surface area contributed by atoms with Gasteiger partial charge >= 0.3 is 0 Å². The van der Waals surface area contributed by atoms with Crippen LogP contribution in [-0.2, 0) is 9.59 Å². The van der Waals surface area contributed by atoms with Gasteiger partial charge in [-0.3, -0.25) is 9.59 Å². The predicted octanol–water partition coefficient (Wildman–Crippen LogP) is 0.148. The predicted molar refractivity (Wildman–Crippen MR) is 76.9 cm³/mol. The molecular formula is C13H23N3O2S. The molecule has 6 heteroatoms. The Bertz CT molecular complexity index is 345. The van der Waals surface area contributed by atoms with Gasteiger partial charge in [0, 0.05) is 44.1 Å². The van der Waals surface area contributed by atoms with Gasteiger partial charge in [0.05, 0.1) is 0 Å². The van der Waals surface area contributed by atoms with E-state index in [-0.39, 0.29) is 11.8 Å². The number of carbonyl (C=O) groups is 2. The van der Waals surface area contributed by atoms with E-state index in [1.54, 1.807) is 4.90 Å². The van der Waals surface area contributed by atoms with Crippen molar-refractivity contribution in [2.45, 2.75) is 25.8 Å². The number of primary amides is 1. The highest BCUT2D eigenvalue weighted by Gasteiger charge is 2.36. The Labute approximate surface area is 118 Å². The molecule has 0 aliphatic carbocycles. The summed E-state index contributed by atoms with van der Waals surface area (Å²) in [4.78, 5) is 27.5. The lowest BCUT2D eigenvalue weighted by molar-refractivity contribution is -0.136. The lowest BCUT2D eigenvalue weighted by atomic mass is 10.1. The second-order valence-corrected chi connectivity index (χ2v) is 6.58. The Morgan fingerprint density at radius 1 is 1.47 bits per heavy atom. The van der Waals surface area contributed by atoms with Crippen molar-refractivity contribution in [2.24, 2.45) is 11.7 Å². The van der Waals surface area contributed by atoms with Gasteiger partial charge in [-0.1, -0.05) is 6.92 Å². The maximum absolute atomic E-state index is 12.0. The molecule has 5 nitrogen and oxygen atoms in total. The molecule has 0 aromatic carbocycles. The molecule has 2 N–H and O–H groups in total. The van der Waals surface area contributed by atoms with Gasteiger partial charge < -0.3 is 15.5 Å². The van der Waals surface area contributed by atoms with E-state index in [0.717, 1.165) is 19.6 Å². The van der Waals surface area contributed by atoms with E-state index >= 15 is 0 Å². The molecule has 0 saturated carbocycles. The van der Waals surface area contributed by atoms with E-state index < -0.39 is 6.04 Å². The van der Waals surface area contributed by atoms with Gasteiger partial charge in [0.2, 0.25) is 11.8 Å². The van der Waals surface area contributed by atoms with Crippen molar-refractivity contribution in [3.05, 3.63) is 0 Å². The summed E-state index contributed by atoms with van der Waals surface area (Å²) in [7, 11) is 0. The third kappa shape index (κ3) is 3.63. The number of rotatable bonds is 5. The van der Waals surface area contributed by atoms with Crippen molar-refractivity contribution in [3.63, 3.8) is 0 Å². The summed E-state index contributed by atoms with van der Waals surface area (Å²) in [6.45, 7) is 5.78. The Morgan fingerprint density at radius 2 is 2.16 bits per heavy atom. The van der Waals surface area contributed by atoms with E-state index in [0.29, 0.717) is 25.3 Å². The molecule has 0 spiro atoms. The van der Waals surface area contributed by atoms with Gasteiger partial charge in [0.15, 0.2) is 0 Å². The molecule has 2 unspecified atom stereocenters. The molecule has 2 amide bonds. The van der Waals surface area contributed by atoms with Gasteiger partial charge in [0.25, 0.3) is 0 Å². The van der Waals surface area contributed by atoms with Crippen LogP contribution in [0.4, 0.5) is 0 Å². The Kier molecular flexibility index (Phi) is 5.10. The minimum atomic E-state index is -0.422. The minimum Gasteiger partial charge on any atom is -0.368 e. The van der Waals surface area contributed by atoms with Crippen molar-refractivity contribution in [1.82, 2.24) is 9.80 Å². The summed E-state index contributed by atoms with van der Waals surface area (Å²) in [5, 5.41) is 0. The van der Waals surface area contributed by atoms with Crippen molar-refractivity contribution in [2.75, 3.05) is 37.7 Å². The van der Waals surface area contributed by atoms with Crippen LogP contribution in [0.5, 0.6) is 0 Å². The first-order valence-corrected chi connectivity index (χ1v) is 8.16. The molecule has 2 atom stereocenters. The highest BCUT2D eigenvalue weighted by atomic mass is 32.2. The average Bonchev–Trinajstić information content (AvgIpc) is 2.72. The van der Waals surface area contributed by atoms with Crippen LogP contribution in [0.15, 0.2) is 0 Å². The Balaban J connectivity index is 1.89. The van der Waals surface area contributed by atoms with E-state index in [9.17, 15) is 9.59 Å². The van der Waals surface area contributed by atoms with Crippen LogP contribution in [0.1, 0.15) is 19.8 Å². The zero-order valence-corrected chi connectivity index (χ0v) is 12.3. The summed E-state index contributed by atoms with van der Waals surface area (Å²) >= 11 is 1.99. The van der Waals surface area contributed by atoms with Crippen LogP contribution in [-0.4, -0.2) is 65.3 Å². The van der Waals surface area contributed by atoms with Crippen molar-refractivity contribution >= 4 is 23.6 Å². The Morgan fingerprint density at radius 3 is 2.74 bits per heavy atom. The minimum absolute atomic E-state index is 0.0852. The molecule has 0 bridgehead atoms. The normalized spacial score (nSPS) is 26.7. The number of thioether (sulfide) groups is 1. The van der Waals surface area contributed by atoms with Gasteiger partial charge in [-0.25, -0.2) is 0 Å². The van der Waals surface area contributed by atoms with Crippen LogP contribution >= 0.6 is 11.8 Å². The van der Waals surface area contributed by atoms with E-state index in [2.05, 4.69) is 4.90 Å². The van der Waals surface area contributed by atoms with Gasteiger partial charge in [0.1, 0.15) is 6.04 Å². The maximum atomic E-state index is 12.0. The number of carbonyl (C=O) groups excluding carboxylic acids is 2. The lowest BCUT2D eigenvalue weighted by Crippen LogP contribution is -2.45. The van der Waals surface area contributed by atoms with Crippen LogP contribution < -0.4 is 5.73 Å². The van der Waals surface area contributed by atoms with Crippen molar-refractivity contribution in [1.29, 1.82) is 0 Å². The topological polar surface area (TPSA) is 66.6 Å². The van der Waals surface area contributed by atoms with Crippen molar-refractivity contribution < 1.29 is 9.59 Å². The molecule has 2 rings (SSSR count). The quantitative estimate of drug-likeness (QED) is 0.781. The van der Waals surface area contributed by atoms with Crippen molar-refractivity contribution in [3.8, 4) is 0 Å². The lowest BCUT2D eigenvalue weighted by Gasteiger charge is -2.29. The highest BCUT2D eigenvalue weighted by molar-refractivity contribution is 7.99. The first-order chi connectivity index (χ1) is 9.11. The van der Waals surface area contributed by atoms with Crippen LogP contribution in [0.25, 0.3) is 0 Å². The van der Waals surface area contributed by atoms with Crippen LogP contribution in [0, 0.1) is 5.92 Å². The maximum Gasteiger partial charge on any atom is 0.240 e. The summed E-state index contributed by atoms with van der Waals surface area (Å²) < 4.78 is 0. The third-order valence-corrected chi connectivity index (χ3v) is 4.89. The number of amides is 2. The molecule has 0 aromatic rings. The smallest absolute Gasteiger partial charge is 0.240 e. The fraction of sp³-hybridized carbons (Fsp3) is 0.846. The first kappa shape index (κ1) is 14.7. The van der Waals surface area contributed by atoms with E-state index in [4.69, 9.17) is 5.73 Å². The number of likely N-dealkylation sites (tertiary alicyclic amines) is 1. The standard InChI is InChI=1S/C13H23N3O2S/c1-2-11(13(14)18)16-9-10(7-12(16)17)8-15-3-5-19-6-4-15/h10-11H,2-9H2,1H3,(H2,14,18). The number of hydrogen-bond acceptors (Lipinski definition) is 4. The SMILES string of the molecule is CCC(C(N)=O)N1CC(CN2CCSCC2)CC1=O. The summed E-state index contributed by atoms with van der Waals surface area (Å²) in [6.07, 6.45) is 1.17. The van der Waals surface area contributed by atoms with Gasteiger partial charge in [-0.2, -0.15) is 11.8 Å². The summed E-state index contributed by atoms with van der Waals surface area (Å²) in [6, 6.07) is -0.422. The molecule has 2 aliphatic heterocycles. The molecule has 2 aliphatic rings. The van der Waals surface area contributed by atoms with Crippen LogP contribution in [0.3, 0.4) is 0 Å². The number of hydrogen-bond donors (Lipinski definition) is 1. The molecule has 0 aromatic heterocycles. The monoisotopic (exact) mass is 285 g/mol. The molecular weight excluding hydrogens is 262 g/mol. The zero-order valence-electron chi connectivity index (χ0n) is 11.5. The van der Waals surface area contributed by atoms with E-state index in [1.165, 1.54) is 11.5 Å². The highest BCUT2D eigenvalue weighted by Crippen LogP contribution is 2.23. The second-order valence-electron chi connectivity index (χ2n) is 5.36. The summed E-state index contributed by atoms with van der Waals surface area (Å²) in [5.74, 6) is 2.42. The fourth-order valence-electron chi connectivity index (χ4n) is 2.96. The molecule has 0 radical (unpaired) electrons. The van der Waals surface area contributed by atoms with Crippen LogP contribution in [0.2, 0.25) is 0 Å². The fourth-order valence-corrected chi connectivity index (χ4v) is 3.93. The second kappa shape index (κ2) is 6.61. The molecule has 19 heavy (non-hydrogen) atoms. The van der Waals surface area contributed by atoms with Gasteiger partial charge in [-0.15, -0.1) is 0 Å². The van der Waals surface area contributed by atoms with E-state index in [1.807, 2.05) is 18.7 Å². The average molecular weight is 285 g/mol. The molecule has 108 valence electrons. The zero-order chi connectivity index (χ0) is 13.8. The summed E-state index contributed by atoms with van der Waals surface area (Å²) in [5.41, 5.74) is 5.37. The third-order valence-electron chi connectivity index (χ3n) is 3.95. The number of nitrogens with zero attached hydrogens (tertiary/aromatic N) is 2. The molecule has 2 fully saturated rings. The number of nitrogens with two attached hydrogens (primary N) is 1. The molecule has 2 saturated heterocycles. The van der Waals surface area contributed by atoms with Gasteiger partial charge in [-0.05, 0) is 12.3 Å².